The van der Waals surface area contributed by atoms with Crippen LogP contribution >= 0.6 is 0 Å². The third-order valence-corrected chi connectivity index (χ3v) is 4.55. The highest BCUT2D eigenvalue weighted by Gasteiger charge is 2.31. The highest BCUT2D eigenvalue weighted by molar-refractivity contribution is 6.32. The molecule has 1 aliphatic heterocycles. The first kappa shape index (κ1) is 20.8. The number of amides is 1. The Hall–Kier alpha value is -2.88. The van der Waals surface area contributed by atoms with Crippen molar-refractivity contribution >= 4 is 23.0 Å². The van der Waals surface area contributed by atoms with Crippen LogP contribution in [0.3, 0.4) is 0 Å². The van der Waals surface area contributed by atoms with Crippen LogP contribution in [0, 0.1) is 0 Å². The van der Waals surface area contributed by atoms with Crippen LogP contribution in [-0.2, 0) is 4.79 Å². The summed E-state index contributed by atoms with van der Waals surface area (Å²) in [5.74, 6) is -0.555. The molecule has 0 radical (unpaired) electrons. The molecule has 2 aromatic carbocycles. The van der Waals surface area contributed by atoms with Crippen LogP contribution in [-0.4, -0.2) is 68.2 Å². The zero-order valence-corrected chi connectivity index (χ0v) is 15.4. The van der Waals surface area contributed by atoms with Gasteiger partial charge in [0.1, 0.15) is 24.4 Å². The molecule has 0 spiro atoms. The lowest BCUT2D eigenvalue weighted by molar-refractivity contribution is -0.113. The highest BCUT2D eigenvalue weighted by atomic mass is 16.4. The lowest BCUT2D eigenvalue weighted by Crippen LogP contribution is -2.45. The Kier molecular flexibility index (Phi) is 6.53. The average Bonchev–Trinajstić information content (AvgIpc) is 2.89. The van der Waals surface area contributed by atoms with E-state index in [1.807, 2.05) is 6.07 Å². The molecule has 0 aromatic heterocycles. The lowest BCUT2D eigenvalue weighted by atomic mass is 9.96. The van der Waals surface area contributed by atoms with E-state index in [0.717, 1.165) is 6.08 Å². The van der Waals surface area contributed by atoms with Crippen molar-refractivity contribution in [2.45, 2.75) is 24.4 Å². The monoisotopic (exact) mass is 398 g/mol. The van der Waals surface area contributed by atoms with Gasteiger partial charge in [0.15, 0.2) is 0 Å². The molecule has 4 atom stereocenters. The van der Waals surface area contributed by atoms with Crippen LogP contribution in [0.2, 0.25) is 0 Å². The SMILES string of the molecule is O=C1Nc2ccccc2N=C(c2ccccc2)/C1=C/[C@H](O)[C@H](O)[C@@H](O)[C@@H](O)CO. The van der Waals surface area contributed by atoms with Gasteiger partial charge in [-0.25, -0.2) is 4.99 Å². The van der Waals surface area contributed by atoms with Gasteiger partial charge in [-0.2, -0.15) is 0 Å². The van der Waals surface area contributed by atoms with Gasteiger partial charge in [0.05, 0.1) is 29.3 Å². The minimum absolute atomic E-state index is 0.00959. The van der Waals surface area contributed by atoms with Crippen molar-refractivity contribution in [3.05, 3.63) is 71.8 Å². The number of anilines is 1. The minimum Gasteiger partial charge on any atom is -0.394 e. The summed E-state index contributed by atoms with van der Waals surface area (Å²) in [5.41, 5.74) is 1.89. The zero-order valence-electron chi connectivity index (χ0n) is 15.4. The van der Waals surface area contributed by atoms with Gasteiger partial charge in [0.2, 0.25) is 0 Å². The molecule has 0 aliphatic carbocycles. The van der Waals surface area contributed by atoms with Gasteiger partial charge in [-0.1, -0.05) is 42.5 Å². The summed E-state index contributed by atoms with van der Waals surface area (Å²) in [6.45, 7) is -0.798. The first-order valence-electron chi connectivity index (χ1n) is 9.02. The number of fused-ring (bicyclic) bond motifs is 1. The molecule has 8 heteroatoms. The summed E-state index contributed by atoms with van der Waals surface area (Å²) in [6, 6.07) is 15.8. The normalized spacial score (nSPS) is 19.4. The van der Waals surface area contributed by atoms with Crippen LogP contribution < -0.4 is 5.32 Å². The third-order valence-electron chi connectivity index (χ3n) is 4.55. The molecule has 29 heavy (non-hydrogen) atoms. The Morgan fingerprint density at radius 1 is 0.931 bits per heavy atom. The van der Waals surface area contributed by atoms with Crippen molar-refractivity contribution in [3.63, 3.8) is 0 Å². The van der Waals surface area contributed by atoms with Crippen molar-refractivity contribution < 1.29 is 30.3 Å². The second kappa shape index (κ2) is 9.08. The fourth-order valence-corrected chi connectivity index (χ4v) is 2.93. The molecule has 1 amide bonds. The molecule has 0 bridgehead atoms. The first-order chi connectivity index (χ1) is 13.9. The molecule has 1 aliphatic rings. The quantitative estimate of drug-likeness (QED) is 0.382. The molecule has 0 saturated heterocycles. The molecule has 1 heterocycles. The molecule has 3 rings (SSSR count). The van der Waals surface area contributed by atoms with Crippen LogP contribution in [0.25, 0.3) is 0 Å². The molecule has 0 unspecified atom stereocenters. The summed E-state index contributed by atoms with van der Waals surface area (Å²) in [4.78, 5) is 17.4. The fraction of sp³-hybridized carbons (Fsp3) is 0.238. The van der Waals surface area contributed by atoms with Gasteiger partial charge in [-0.3, -0.25) is 4.79 Å². The Morgan fingerprint density at radius 2 is 1.59 bits per heavy atom. The standard InChI is InChI=1S/C21H22N2O6/c24-11-17(26)20(28)19(27)16(25)10-13-18(12-6-2-1-3-7-12)22-14-8-4-5-9-15(14)23-21(13)29/h1-10,16-17,19-20,24-28H,11H2,(H,23,29)/b13-10-/t16-,17-,19-,20-/m0/s1. The largest absolute Gasteiger partial charge is 0.394 e. The number of carbonyl (C=O) groups excluding carboxylic acids is 1. The maximum Gasteiger partial charge on any atom is 0.257 e. The molecule has 0 saturated carbocycles. The number of aliphatic hydroxyl groups is 5. The molecular formula is C21H22N2O6. The summed E-state index contributed by atoms with van der Waals surface area (Å²) in [7, 11) is 0. The Balaban J connectivity index is 2.05. The van der Waals surface area contributed by atoms with E-state index in [1.54, 1.807) is 48.5 Å². The van der Waals surface area contributed by atoms with Gasteiger partial charge in [-0.05, 0) is 18.2 Å². The van der Waals surface area contributed by atoms with Crippen LogP contribution in [0.15, 0.2) is 71.2 Å². The number of hydrogen-bond acceptors (Lipinski definition) is 7. The Bertz CT molecular complexity index is 928. The summed E-state index contributed by atoms with van der Waals surface area (Å²) >= 11 is 0. The van der Waals surface area contributed by atoms with Crippen molar-refractivity contribution in [2.24, 2.45) is 4.99 Å². The van der Waals surface area contributed by atoms with Gasteiger partial charge in [0, 0.05) is 5.56 Å². The molecule has 152 valence electrons. The van der Waals surface area contributed by atoms with Gasteiger partial charge >= 0.3 is 0 Å². The van der Waals surface area contributed by atoms with Crippen LogP contribution in [0.5, 0.6) is 0 Å². The van der Waals surface area contributed by atoms with Gasteiger partial charge in [-0.15, -0.1) is 0 Å². The summed E-state index contributed by atoms with van der Waals surface area (Å²) < 4.78 is 0. The number of para-hydroxylation sites is 2. The van der Waals surface area contributed by atoms with E-state index in [4.69, 9.17) is 5.11 Å². The Morgan fingerprint density at radius 3 is 2.28 bits per heavy atom. The predicted molar refractivity (Wildman–Crippen MR) is 107 cm³/mol. The second-order valence-corrected chi connectivity index (χ2v) is 6.60. The summed E-state index contributed by atoms with van der Waals surface area (Å²) in [6.07, 6.45) is -5.92. The Labute approximate surface area is 167 Å². The molecule has 2 aromatic rings. The third kappa shape index (κ3) is 4.58. The van der Waals surface area contributed by atoms with E-state index in [1.165, 1.54) is 0 Å². The first-order valence-corrected chi connectivity index (χ1v) is 9.02. The van der Waals surface area contributed by atoms with Crippen molar-refractivity contribution in [1.29, 1.82) is 0 Å². The minimum atomic E-state index is -1.83. The topological polar surface area (TPSA) is 143 Å². The van der Waals surface area contributed by atoms with Crippen LogP contribution in [0.4, 0.5) is 11.4 Å². The lowest BCUT2D eigenvalue weighted by Gasteiger charge is -2.24. The number of aliphatic hydroxyl groups excluding tert-OH is 5. The number of benzene rings is 2. The van der Waals surface area contributed by atoms with E-state index in [0.29, 0.717) is 16.9 Å². The zero-order chi connectivity index (χ0) is 21.0. The molecular weight excluding hydrogens is 376 g/mol. The second-order valence-electron chi connectivity index (χ2n) is 6.60. The highest BCUT2D eigenvalue weighted by Crippen LogP contribution is 2.30. The van der Waals surface area contributed by atoms with E-state index >= 15 is 0 Å². The molecule has 6 N–H and O–H groups in total. The average molecular weight is 398 g/mol. The number of nitrogens with zero attached hydrogens (tertiary/aromatic N) is 1. The number of aliphatic imine (C=N–C) groups is 1. The predicted octanol–water partition coefficient (Wildman–Crippen LogP) is 0.122. The van der Waals surface area contributed by atoms with Gasteiger partial charge < -0.3 is 30.8 Å². The van der Waals surface area contributed by atoms with Crippen molar-refractivity contribution in [1.82, 2.24) is 0 Å². The number of hydrogen-bond donors (Lipinski definition) is 6. The smallest absolute Gasteiger partial charge is 0.257 e. The van der Waals surface area contributed by atoms with E-state index in [2.05, 4.69) is 10.3 Å². The van der Waals surface area contributed by atoms with E-state index in [-0.39, 0.29) is 11.3 Å². The van der Waals surface area contributed by atoms with E-state index in [9.17, 15) is 25.2 Å². The fourth-order valence-electron chi connectivity index (χ4n) is 2.93. The number of nitrogens with one attached hydrogen (secondary N) is 1. The van der Waals surface area contributed by atoms with Crippen molar-refractivity contribution in [2.75, 3.05) is 11.9 Å². The maximum absolute atomic E-state index is 12.9. The van der Waals surface area contributed by atoms with Crippen molar-refractivity contribution in [3.8, 4) is 0 Å². The summed E-state index contributed by atoms with van der Waals surface area (Å²) in [5, 5.41) is 51.5. The van der Waals surface area contributed by atoms with Crippen LogP contribution in [0.1, 0.15) is 5.56 Å². The molecule has 0 fully saturated rings. The number of carbonyl (C=O) groups is 1. The van der Waals surface area contributed by atoms with E-state index < -0.39 is 36.9 Å². The van der Waals surface area contributed by atoms with Gasteiger partial charge in [0.25, 0.3) is 5.91 Å². The maximum atomic E-state index is 12.9. The number of rotatable bonds is 6. The molecule has 8 nitrogen and oxygen atoms in total.